The number of nitrogens with zero attached hydrogens (tertiary/aromatic N) is 2. The van der Waals surface area contributed by atoms with Crippen LogP contribution in [0, 0.1) is 0 Å². The molecular weight excluding hydrogens is 216 g/mol. The minimum atomic E-state index is -0.693. The van der Waals surface area contributed by atoms with Crippen LogP contribution in [0.2, 0.25) is 0 Å². The van der Waals surface area contributed by atoms with Gasteiger partial charge in [-0.2, -0.15) is 5.10 Å². The second kappa shape index (κ2) is 6.77. The highest BCUT2D eigenvalue weighted by Crippen LogP contribution is 2.12. The summed E-state index contributed by atoms with van der Waals surface area (Å²) in [5, 5.41) is 24.1. The molecule has 0 aliphatic carbocycles. The third-order valence-electron chi connectivity index (χ3n) is 3.02. The van der Waals surface area contributed by atoms with Crippen molar-refractivity contribution < 1.29 is 10.2 Å². The second-order valence-electron chi connectivity index (χ2n) is 4.42. The fraction of sp³-hybridized carbons (Fsp3) is 0.769. The van der Waals surface area contributed by atoms with E-state index in [0.29, 0.717) is 12.8 Å². The Kier molecular flexibility index (Phi) is 5.65. The van der Waals surface area contributed by atoms with Crippen molar-refractivity contribution in [2.24, 2.45) is 0 Å². The van der Waals surface area contributed by atoms with Crippen molar-refractivity contribution in [2.45, 2.75) is 65.2 Å². The zero-order chi connectivity index (χ0) is 12.8. The average molecular weight is 240 g/mol. The van der Waals surface area contributed by atoms with Crippen LogP contribution in [0.4, 0.5) is 0 Å². The predicted octanol–water partition coefficient (Wildman–Crippen LogP) is 1.53. The van der Waals surface area contributed by atoms with E-state index < -0.39 is 12.2 Å². The molecule has 4 heteroatoms. The van der Waals surface area contributed by atoms with Gasteiger partial charge in [-0.25, -0.2) is 0 Å². The van der Waals surface area contributed by atoms with Crippen molar-refractivity contribution in [3.05, 3.63) is 17.5 Å². The Morgan fingerprint density at radius 2 is 1.94 bits per heavy atom. The number of aliphatic hydroxyl groups is 2. The molecule has 0 aliphatic rings. The molecule has 98 valence electrons. The number of hydrogen-bond donors (Lipinski definition) is 2. The summed E-state index contributed by atoms with van der Waals surface area (Å²) in [6.07, 6.45) is 1.57. The first kappa shape index (κ1) is 14.2. The Morgan fingerprint density at radius 3 is 2.47 bits per heavy atom. The third kappa shape index (κ3) is 3.82. The van der Waals surface area contributed by atoms with Gasteiger partial charge in [-0.05, 0) is 25.8 Å². The molecule has 1 aromatic heterocycles. The average Bonchev–Trinajstić information content (AvgIpc) is 2.71. The zero-order valence-corrected chi connectivity index (χ0v) is 11.1. The smallest absolute Gasteiger partial charge is 0.0854 e. The molecule has 2 atom stereocenters. The second-order valence-corrected chi connectivity index (χ2v) is 4.42. The number of aliphatic hydroxyl groups excluding tert-OH is 2. The first-order chi connectivity index (χ1) is 8.12. The van der Waals surface area contributed by atoms with Crippen molar-refractivity contribution in [3.63, 3.8) is 0 Å². The van der Waals surface area contributed by atoms with Gasteiger partial charge in [-0.1, -0.05) is 20.3 Å². The Morgan fingerprint density at radius 1 is 1.24 bits per heavy atom. The molecule has 1 aromatic rings. The van der Waals surface area contributed by atoms with E-state index >= 15 is 0 Å². The van der Waals surface area contributed by atoms with Crippen LogP contribution in [0.5, 0.6) is 0 Å². The van der Waals surface area contributed by atoms with Crippen LogP contribution in [-0.2, 0) is 19.4 Å². The molecule has 1 heterocycles. The quantitative estimate of drug-likeness (QED) is 0.760. The molecule has 0 aliphatic heterocycles. The van der Waals surface area contributed by atoms with Gasteiger partial charge >= 0.3 is 0 Å². The number of rotatable bonds is 7. The van der Waals surface area contributed by atoms with Crippen LogP contribution in [0.3, 0.4) is 0 Å². The molecule has 4 nitrogen and oxygen atoms in total. The monoisotopic (exact) mass is 240 g/mol. The lowest BCUT2D eigenvalue weighted by Crippen LogP contribution is -2.28. The number of aryl methyl sites for hydroxylation is 2. The van der Waals surface area contributed by atoms with Crippen LogP contribution in [-0.4, -0.2) is 32.2 Å². The molecule has 0 aromatic carbocycles. The maximum atomic E-state index is 9.91. The molecule has 0 radical (unpaired) electrons. The van der Waals surface area contributed by atoms with Gasteiger partial charge < -0.3 is 10.2 Å². The van der Waals surface area contributed by atoms with Gasteiger partial charge in [0.05, 0.1) is 17.9 Å². The fourth-order valence-electron chi connectivity index (χ4n) is 1.96. The molecule has 17 heavy (non-hydrogen) atoms. The molecule has 1 rings (SSSR count). The highest BCUT2D eigenvalue weighted by Gasteiger charge is 2.18. The van der Waals surface area contributed by atoms with E-state index in [1.807, 2.05) is 24.6 Å². The van der Waals surface area contributed by atoms with Crippen LogP contribution in [0.1, 0.15) is 45.0 Å². The van der Waals surface area contributed by atoms with Gasteiger partial charge in [-0.3, -0.25) is 4.68 Å². The van der Waals surface area contributed by atoms with Gasteiger partial charge in [0.25, 0.3) is 0 Å². The molecule has 2 N–H and O–H groups in total. The summed E-state index contributed by atoms with van der Waals surface area (Å²) in [6.45, 7) is 6.90. The van der Waals surface area contributed by atoms with Crippen LogP contribution < -0.4 is 0 Å². The van der Waals surface area contributed by atoms with E-state index in [-0.39, 0.29) is 0 Å². The first-order valence-corrected chi connectivity index (χ1v) is 6.54. The topological polar surface area (TPSA) is 58.3 Å². The molecule has 0 spiro atoms. The molecule has 0 fully saturated rings. The van der Waals surface area contributed by atoms with Crippen LogP contribution in [0.15, 0.2) is 6.07 Å². The van der Waals surface area contributed by atoms with E-state index in [1.165, 1.54) is 0 Å². The van der Waals surface area contributed by atoms with Gasteiger partial charge in [0.2, 0.25) is 0 Å². The summed E-state index contributed by atoms with van der Waals surface area (Å²) in [4.78, 5) is 0. The third-order valence-corrected chi connectivity index (χ3v) is 3.02. The van der Waals surface area contributed by atoms with Crippen molar-refractivity contribution in [3.8, 4) is 0 Å². The lowest BCUT2D eigenvalue weighted by molar-refractivity contribution is 0.0137. The van der Waals surface area contributed by atoms with Gasteiger partial charge in [0.1, 0.15) is 0 Å². The van der Waals surface area contributed by atoms with Gasteiger partial charge in [0.15, 0.2) is 0 Å². The Labute approximate surface area is 103 Å². The summed E-state index contributed by atoms with van der Waals surface area (Å²) in [5.41, 5.74) is 2.05. The molecule has 2 unspecified atom stereocenters. The normalized spacial score (nSPS) is 14.9. The molecule has 0 saturated carbocycles. The fourth-order valence-corrected chi connectivity index (χ4v) is 1.96. The number of hydrogen-bond acceptors (Lipinski definition) is 3. The summed E-state index contributed by atoms with van der Waals surface area (Å²) < 4.78 is 1.90. The maximum Gasteiger partial charge on any atom is 0.0854 e. The Bertz CT molecular complexity index is 336. The lowest BCUT2D eigenvalue weighted by atomic mass is 10.0. The Balaban J connectivity index is 2.69. The maximum absolute atomic E-state index is 9.91. The SMILES string of the molecule is CCCC(O)C(O)Cc1cc(CC)nn1CC. The first-order valence-electron chi connectivity index (χ1n) is 6.54. The zero-order valence-electron chi connectivity index (χ0n) is 11.1. The van der Waals surface area contributed by atoms with Gasteiger partial charge in [0, 0.05) is 18.7 Å². The highest BCUT2D eigenvalue weighted by atomic mass is 16.3. The highest BCUT2D eigenvalue weighted by molar-refractivity contribution is 5.11. The summed E-state index contributed by atoms with van der Waals surface area (Å²) >= 11 is 0. The minimum Gasteiger partial charge on any atom is -0.390 e. The summed E-state index contributed by atoms with van der Waals surface area (Å²) in [5.74, 6) is 0. The predicted molar refractivity (Wildman–Crippen MR) is 67.9 cm³/mol. The van der Waals surface area contributed by atoms with Crippen LogP contribution in [0.25, 0.3) is 0 Å². The van der Waals surface area contributed by atoms with E-state index in [4.69, 9.17) is 0 Å². The van der Waals surface area contributed by atoms with Crippen molar-refractivity contribution in [2.75, 3.05) is 0 Å². The van der Waals surface area contributed by atoms with E-state index in [9.17, 15) is 10.2 Å². The molecular formula is C13H24N2O2. The van der Waals surface area contributed by atoms with Crippen LogP contribution >= 0.6 is 0 Å². The number of aromatic nitrogens is 2. The summed E-state index contributed by atoms with van der Waals surface area (Å²) in [6, 6.07) is 2.02. The summed E-state index contributed by atoms with van der Waals surface area (Å²) in [7, 11) is 0. The van der Waals surface area contributed by atoms with Crippen molar-refractivity contribution in [1.29, 1.82) is 0 Å². The molecule has 0 amide bonds. The van der Waals surface area contributed by atoms with Crippen molar-refractivity contribution >= 4 is 0 Å². The van der Waals surface area contributed by atoms with Gasteiger partial charge in [-0.15, -0.1) is 0 Å². The largest absolute Gasteiger partial charge is 0.390 e. The lowest BCUT2D eigenvalue weighted by Gasteiger charge is -2.17. The van der Waals surface area contributed by atoms with E-state index in [0.717, 1.165) is 30.8 Å². The van der Waals surface area contributed by atoms with E-state index in [2.05, 4.69) is 12.0 Å². The minimum absolute atomic E-state index is 0.474. The molecule has 0 bridgehead atoms. The Hall–Kier alpha value is -0.870. The molecule has 0 saturated heterocycles. The standard InChI is InChI=1S/C13H24N2O2/c1-4-7-12(16)13(17)9-11-8-10(5-2)14-15(11)6-3/h8,12-13,16-17H,4-7,9H2,1-3H3. The van der Waals surface area contributed by atoms with E-state index in [1.54, 1.807) is 0 Å². The van der Waals surface area contributed by atoms with Crippen molar-refractivity contribution in [1.82, 2.24) is 9.78 Å².